The van der Waals surface area contributed by atoms with Crippen molar-refractivity contribution >= 4 is 11.9 Å². The molecule has 7 heteroatoms. The van der Waals surface area contributed by atoms with E-state index in [-0.39, 0.29) is 25.4 Å². The molecule has 34 heavy (non-hydrogen) atoms. The molecule has 0 fully saturated rings. The van der Waals surface area contributed by atoms with Gasteiger partial charge in [0, 0.05) is 19.4 Å². The van der Waals surface area contributed by atoms with Crippen molar-refractivity contribution in [2.45, 2.75) is 51.0 Å². The smallest absolute Gasteiger partial charge is 0.306 e. The van der Waals surface area contributed by atoms with Crippen molar-refractivity contribution in [1.82, 2.24) is 4.90 Å². The highest BCUT2D eigenvalue weighted by molar-refractivity contribution is 5.69. The molecule has 7 nitrogen and oxygen atoms in total. The van der Waals surface area contributed by atoms with Gasteiger partial charge in [-0.1, -0.05) is 36.8 Å². The van der Waals surface area contributed by atoms with Gasteiger partial charge in [-0.05, 0) is 69.1 Å². The molecule has 2 aromatic carbocycles. The second kappa shape index (κ2) is 15.0. The van der Waals surface area contributed by atoms with Gasteiger partial charge in [0.2, 0.25) is 0 Å². The van der Waals surface area contributed by atoms with Crippen LogP contribution in [0.1, 0.15) is 43.2 Å². The first-order valence-electron chi connectivity index (χ1n) is 11.8. The summed E-state index contributed by atoms with van der Waals surface area (Å²) >= 11 is 0. The molecular weight excluding hydrogens is 434 g/mol. The van der Waals surface area contributed by atoms with Gasteiger partial charge in [-0.25, -0.2) is 0 Å². The molecule has 0 aliphatic heterocycles. The van der Waals surface area contributed by atoms with Crippen LogP contribution < -0.4 is 9.47 Å². The van der Waals surface area contributed by atoms with Crippen LogP contribution in [0.5, 0.6) is 11.5 Å². The first-order chi connectivity index (χ1) is 16.4. The van der Waals surface area contributed by atoms with E-state index in [1.165, 1.54) is 5.56 Å². The number of hydrogen-bond donors (Lipinski definition) is 1. The Bertz CT molecular complexity index is 881. The van der Waals surface area contributed by atoms with E-state index in [0.717, 1.165) is 29.9 Å². The van der Waals surface area contributed by atoms with Gasteiger partial charge in [-0.2, -0.15) is 0 Å². The number of carboxylic acid groups (broad SMARTS) is 1. The molecule has 0 spiro atoms. The predicted molar refractivity (Wildman–Crippen MR) is 131 cm³/mol. The zero-order valence-electron chi connectivity index (χ0n) is 20.5. The van der Waals surface area contributed by atoms with E-state index in [1.54, 1.807) is 7.11 Å². The normalized spacial score (nSPS) is 11.8. The summed E-state index contributed by atoms with van der Waals surface area (Å²) in [6.07, 6.45) is 3.61. The van der Waals surface area contributed by atoms with Crippen molar-refractivity contribution in [1.29, 1.82) is 0 Å². The van der Waals surface area contributed by atoms with E-state index < -0.39 is 12.1 Å². The molecule has 2 rings (SSSR count). The molecule has 0 aliphatic rings. The molecule has 1 atom stereocenters. The van der Waals surface area contributed by atoms with E-state index in [2.05, 4.69) is 18.2 Å². The number of hydrogen-bond acceptors (Lipinski definition) is 6. The third-order valence-electron chi connectivity index (χ3n) is 5.38. The zero-order valence-corrected chi connectivity index (χ0v) is 20.5. The largest absolute Gasteiger partial charge is 0.497 e. The third kappa shape index (κ3) is 10.7. The number of unbranched alkanes of at least 4 members (excludes halogenated alkanes) is 2. The number of aliphatic carboxylic acids is 1. The Kier molecular flexibility index (Phi) is 12.0. The number of carbonyl (C=O) groups excluding carboxylic acids is 1. The minimum atomic E-state index is -0.810. The number of ether oxygens (including phenoxy) is 3. The van der Waals surface area contributed by atoms with Crippen LogP contribution in [0.4, 0.5) is 0 Å². The van der Waals surface area contributed by atoms with Gasteiger partial charge in [0.15, 0.2) is 0 Å². The lowest BCUT2D eigenvalue weighted by Gasteiger charge is -2.22. The van der Waals surface area contributed by atoms with Crippen molar-refractivity contribution in [3.63, 3.8) is 0 Å². The lowest BCUT2D eigenvalue weighted by molar-refractivity contribution is -0.151. The first kappa shape index (κ1) is 27.2. The maximum Gasteiger partial charge on any atom is 0.306 e. The number of methoxy groups -OCH3 is 1. The van der Waals surface area contributed by atoms with Crippen molar-refractivity contribution in [3.05, 3.63) is 59.7 Å². The fraction of sp³-hybridized carbons (Fsp3) is 0.481. The fourth-order valence-electron chi connectivity index (χ4n) is 3.60. The quantitative estimate of drug-likeness (QED) is 0.287. The first-order valence-corrected chi connectivity index (χ1v) is 11.8. The van der Waals surface area contributed by atoms with Crippen LogP contribution >= 0.6 is 0 Å². The molecule has 1 unspecified atom stereocenters. The molecular formula is C27H37NO6. The molecule has 0 amide bonds. The number of carbonyl (C=O) groups is 2. The van der Waals surface area contributed by atoms with Gasteiger partial charge in [0.1, 0.15) is 24.2 Å². The van der Waals surface area contributed by atoms with Gasteiger partial charge >= 0.3 is 11.9 Å². The second-order valence-electron chi connectivity index (χ2n) is 8.60. The maximum absolute atomic E-state index is 12.3. The number of benzene rings is 2. The topological polar surface area (TPSA) is 85.3 Å². The SMILES string of the molecule is COc1ccc(CCc2ccccc2OCC(CN(C)C)OC(=O)CCCCCC(=O)O)cc1. The number of carboxylic acids is 1. The number of para-hydroxylation sites is 1. The van der Waals surface area contributed by atoms with Crippen LogP contribution in [0, 0.1) is 0 Å². The summed E-state index contributed by atoms with van der Waals surface area (Å²) < 4.78 is 17.0. The Labute approximate surface area is 202 Å². The summed E-state index contributed by atoms with van der Waals surface area (Å²) in [5.41, 5.74) is 2.32. The van der Waals surface area contributed by atoms with Crippen molar-refractivity contribution in [2.75, 3.05) is 34.4 Å². The van der Waals surface area contributed by atoms with Gasteiger partial charge in [-0.3, -0.25) is 9.59 Å². The van der Waals surface area contributed by atoms with E-state index in [9.17, 15) is 9.59 Å². The molecule has 0 radical (unpaired) electrons. The molecule has 0 aliphatic carbocycles. The highest BCUT2D eigenvalue weighted by Crippen LogP contribution is 2.21. The van der Waals surface area contributed by atoms with Crippen LogP contribution in [0.3, 0.4) is 0 Å². The lowest BCUT2D eigenvalue weighted by Crippen LogP contribution is -2.35. The standard InChI is InChI=1S/C27H37NO6/c1-28(2)19-24(34-27(31)12-6-4-5-11-26(29)30)20-33-25-10-8-7-9-22(25)16-13-21-14-17-23(32-3)18-15-21/h7-10,14-15,17-18,24H,4-6,11-13,16,19-20H2,1-3H3,(H,29,30). The molecule has 186 valence electrons. The average Bonchev–Trinajstić information content (AvgIpc) is 2.81. The summed E-state index contributed by atoms with van der Waals surface area (Å²) in [6, 6.07) is 16.0. The van der Waals surface area contributed by atoms with E-state index in [0.29, 0.717) is 25.8 Å². The predicted octanol–water partition coefficient (Wildman–Crippen LogP) is 4.37. The third-order valence-corrected chi connectivity index (χ3v) is 5.38. The Balaban J connectivity index is 1.87. The van der Waals surface area contributed by atoms with Crippen LogP contribution in [0.2, 0.25) is 0 Å². The van der Waals surface area contributed by atoms with Gasteiger partial charge in [-0.15, -0.1) is 0 Å². The minimum Gasteiger partial charge on any atom is -0.497 e. The highest BCUT2D eigenvalue weighted by Gasteiger charge is 2.17. The molecule has 0 bridgehead atoms. The van der Waals surface area contributed by atoms with Gasteiger partial charge in [0.05, 0.1) is 7.11 Å². The van der Waals surface area contributed by atoms with Crippen molar-refractivity contribution < 1.29 is 28.9 Å². The van der Waals surface area contributed by atoms with Crippen molar-refractivity contribution in [3.8, 4) is 11.5 Å². The molecule has 2 aromatic rings. The summed E-state index contributed by atoms with van der Waals surface area (Å²) in [4.78, 5) is 24.8. The monoisotopic (exact) mass is 471 g/mol. The number of nitrogens with zero attached hydrogens (tertiary/aromatic N) is 1. The summed E-state index contributed by atoms with van der Waals surface area (Å²) in [7, 11) is 5.51. The molecule has 1 N–H and O–H groups in total. The van der Waals surface area contributed by atoms with Crippen LogP contribution in [-0.4, -0.2) is 62.4 Å². The van der Waals surface area contributed by atoms with Crippen LogP contribution in [-0.2, 0) is 27.2 Å². The molecule has 0 saturated carbocycles. The number of likely N-dealkylation sites (N-methyl/N-ethyl adjacent to an activating group) is 1. The van der Waals surface area contributed by atoms with E-state index in [4.69, 9.17) is 19.3 Å². The summed E-state index contributed by atoms with van der Waals surface area (Å²) in [5.74, 6) is 0.548. The van der Waals surface area contributed by atoms with E-state index >= 15 is 0 Å². The molecule has 0 aromatic heterocycles. The number of aryl methyl sites for hydroxylation is 2. The Hall–Kier alpha value is -3.06. The van der Waals surface area contributed by atoms with E-state index in [1.807, 2.05) is 49.3 Å². The molecule has 0 saturated heterocycles. The Morgan fingerprint density at radius 3 is 2.32 bits per heavy atom. The van der Waals surface area contributed by atoms with Crippen LogP contribution in [0.15, 0.2) is 48.5 Å². The maximum atomic E-state index is 12.3. The number of esters is 1. The highest BCUT2D eigenvalue weighted by atomic mass is 16.6. The number of rotatable bonds is 16. The van der Waals surface area contributed by atoms with Crippen molar-refractivity contribution in [2.24, 2.45) is 0 Å². The lowest BCUT2D eigenvalue weighted by atomic mass is 10.0. The summed E-state index contributed by atoms with van der Waals surface area (Å²) in [5, 5.41) is 8.69. The fourth-order valence-corrected chi connectivity index (χ4v) is 3.60. The Morgan fingerprint density at radius 2 is 1.65 bits per heavy atom. The zero-order chi connectivity index (χ0) is 24.8. The van der Waals surface area contributed by atoms with Crippen LogP contribution in [0.25, 0.3) is 0 Å². The average molecular weight is 472 g/mol. The van der Waals surface area contributed by atoms with Gasteiger partial charge in [0.25, 0.3) is 0 Å². The summed E-state index contributed by atoms with van der Waals surface area (Å²) in [6.45, 7) is 0.821. The molecule has 0 heterocycles. The second-order valence-corrected chi connectivity index (χ2v) is 8.60. The van der Waals surface area contributed by atoms with Gasteiger partial charge < -0.3 is 24.2 Å². The Morgan fingerprint density at radius 1 is 0.941 bits per heavy atom. The minimum absolute atomic E-state index is 0.129.